The van der Waals surface area contributed by atoms with E-state index in [1.54, 1.807) is 0 Å². The Labute approximate surface area is 124 Å². The highest BCUT2D eigenvalue weighted by molar-refractivity contribution is 5.78. The molecule has 1 heterocycles. The van der Waals surface area contributed by atoms with Gasteiger partial charge < -0.3 is 15.4 Å². The van der Waals surface area contributed by atoms with Crippen LogP contribution >= 0.6 is 0 Å². The predicted molar refractivity (Wildman–Crippen MR) is 82.8 cm³/mol. The van der Waals surface area contributed by atoms with E-state index in [2.05, 4.69) is 31.4 Å². The highest BCUT2D eigenvalue weighted by atomic mass is 16.5. The van der Waals surface area contributed by atoms with Crippen LogP contribution in [0.5, 0.6) is 0 Å². The molecule has 0 aromatic rings. The summed E-state index contributed by atoms with van der Waals surface area (Å²) in [5, 5.41) is 6.37. The molecule has 0 aliphatic carbocycles. The van der Waals surface area contributed by atoms with Crippen LogP contribution < -0.4 is 10.6 Å². The minimum absolute atomic E-state index is 0.112. The van der Waals surface area contributed by atoms with Crippen molar-refractivity contribution >= 4 is 5.91 Å². The smallest absolute Gasteiger partial charge is 0.234 e. The van der Waals surface area contributed by atoms with E-state index in [1.165, 1.54) is 25.7 Å². The number of ether oxygens (including phenoxy) is 1. The van der Waals surface area contributed by atoms with Crippen LogP contribution in [0.25, 0.3) is 0 Å². The number of rotatable bonds is 9. The first-order chi connectivity index (χ1) is 9.53. The van der Waals surface area contributed by atoms with Crippen molar-refractivity contribution in [2.24, 2.45) is 5.41 Å². The van der Waals surface area contributed by atoms with E-state index < -0.39 is 0 Å². The van der Waals surface area contributed by atoms with Crippen LogP contribution in [0, 0.1) is 5.41 Å². The molecule has 0 aromatic heterocycles. The van der Waals surface area contributed by atoms with Crippen molar-refractivity contribution in [3.05, 3.63) is 0 Å². The van der Waals surface area contributed by atoms with Gasteiger partial charge in [-0.25, -0.2) is 0 Å². The van der Waals surface area contributed by atoms with E-state index in [9.17, 15) is 4.79 Å². The molecule has 2 N–H and O–H groups in total. The second-order valence-corrected chi connectivity index (χ2v) is 6.68. The van der Waals surface area contributed by atoms with Gasteiger partial charge in [-0.05, 0) is 24.7 Å². The minimum Gasteiger partial charge on any atom is -0.381 e. The Bertz CT molecular complexity index is 274. The molecular formula is C16H32N2O2. The van der Waals surface area contributed by atoms with Gasteiger partial charge in [0.1, 0.15) is 0 Å². The third kappa shape index (κ3) is 7.85. The summed E-state index contributed by atoms with van der Waals surface area (Å²) in [5.74, 6) is 0.112. The summed E-state index contributed by atoms with van der Waals surface area (Å²) in [6, 6.07) is 0.301. The van der Waals surface area contributed by atoms with Crippen molar-refractivity contribution in [2.45, 2.75) is 65.3 Å². The van der Waals surface area contributed by atoms with Crippen LogP contribution in [0.1, 0.15) is 59.3 Å². The van der Waals surface area contributed by atoms with Gasteiger partial charge >= 0.3 is 0 Å². The first-order valence-electron chi connectivity index (χ1n) is 8.11. The van der Waals surface area contributed by atoms with Crippen molar-refractivity contribution in [1.82, 2.24) is 10.6 Å². The Morgan fingerprint density at radius 3 is 2.60 bits per heavy atom. The Balaban J connectivity index is 2.10. The molecular weight excluding hydrogens is 252 g/mol. The number of nitrogens with one attached hydrogen (secondary N) is 2. The van der Waals surface area contributed by atoms with E-state index in [4.69, 9.17) is 4.74 Å². The molecule has 0 atom stereocenters. The van der Waals surface area contributed by atoms with Gasteiger partial charge in [0.15, 0.2) is 0 Å². The normalized spacial score (nSPS) is 17.1. The molecule has 4 heteroatoms. The summed E-state index contributed by atoms with van der Waals surface area (Å²) in [5.41, 5.74) is 0.272. The molecule has 1 aliphatic rings. The molecule has 118 valence electrons. The van der Waals surface area contributed by atoms with E-state index in [0.717, 1.165) is 32.6 Å². The second-order valence-electron chi connectivity index (χ2n) is 6.68. The minimum atomic E-state index is 0.112. The Kier molecular flexibility index (Phi) is 8.15. The lowest BCUT2D eigenvalue weighted by molar-refractivity contribution is -0.121. The molecule has 0 spiro atoms. The number of hydrogen-bond donors (Lipinski definition) is 2. The third-order valence-electron chi connectivity index (χ3n) is 3.93. The van der Waals surface area contributed by atoms with Gasteiger partial charge in [0, 0.05) is 25.8 Å². The van der Waals surface area contributed by atoms with E-state index in [1.807, 2.05) is 0 Å². The van der Waals surface area contributed by atoms with Crippen LogP contribution in [0.4, 0.5) is 0 Å². The monoisotopic (exact) mass is 284 g/mol. The fourth-order valence-electron chi connectivity index (χ4n) is 2.58. The highest BCUT2D eigenvalue weighted by Crippen LogP contribution is 2.22. The number of carbonyl (C=O) groups is 1. The van der Waals surface area contributed by atoms with Gasteiger partial charge in [0.25, 0.3) is 0 Å². The summed E-state index contributed by atoms with van der Waals surface area (Å²) >= 11 is 0. The van der Waals surface area contributed by atoms with Crippen LogP contribution in [0.15, 0.2) is 0 Å². The zero-order valence-corrected chi connectivity index (χ0v) is 13.5. The first-order valence-corrected chi connectivity index (χ1v) is 8.11. The predicted octanol–water partition coefficient (Wildman–Crippen LogP) is 2.48. The fourth-order valence-corrected chi connectivity index (χ4v) is 2.58. The molecule has 1 amide bonds. The highest BCUT2D eigenvalue weighted by Gasteiger charge is 2.19. The van der Waals surface area contributed by atoms with Gasteiger partial charge in [-0.3, -0.25) is 4.79 Å². The molecule has 0 bridgehead atoms. The average Bonchev–Trinajstić information content (AvgIpc) is 2.39. The molecule has 1 saturated heterocycles. The van der Waals surface area contributed by atoms with Gasteiger partial charge in [0.05, 0.1) is 6.54 Å². The molecule has 0 radical (unpaired) electrons. The maximum Gasteiger partial charge on any atom is 0.234 e. The summed E-state index contributed by atoms with van der Waals surface area (Å²) in [7, 11) is 0. The largest absolute Gasteiger partial charge is 0.381 e. The zero-order valence-electron chi connectivity index (χ0n) is 13.5. The third-order valence-corrected chi connectivity index (χ3v) is 3.93. The van der Waals surface area contributed by atoms with Crippen molar-refractivity contribution in [3.8, 4) is 0 Å². The molecule has 4 nitrogen and oxygen atoms in total. The molecule has 1 rings (SSSR count). The van der Waals surface area contributed by atoms with Crippen molar-refractivity contribution in [3.63, 3.8) is 0 Å². The molecule has 20 heavy (non-hydrogen) atoms. The average molecular weight is 284 g/mol. The first kappa shape index (κ1) is 17.4. The van der Waals surface area contributed by atoms with Gasteiger partial charge in [0.2, 0.25) is 5.91 Å². The number of unbranched alkanes of at least 4 members (excludes halogenated alkanes) is 2. The fraction of sp³-hybridized carbons (Fsp3) is 0.938. The van der Waals surface area contributed by atoms with E-state index >= 15 is 0 Å². The summed E-state index contributed by atoms with van der Waals surface area (Å²) in [6.07, 6.45) is 6.93. The lowest BCUT2D eigenvalue weighted by atomic mass is 9.87. The van der Waals surface area contributed by atoms with Gasteiger partial charge in [-0.15, -0.1) is 0 Å². The molecule has 1 fully saturated rings. The maximum absolute atomic E-state index is 11.8. The Hall–Kier alpha value is -0.610. The van der Waals surface area contributed by atoms with Crippen LogP contribution in [0.3, 0.4) is 0 Å². The summed E-state index contributed by atoms with van der Waals surface area (Å²) in [6.45, 7) is 9.63. The molecule has 0 unspecified atom stereocenters. The number of amides is 1. The van der Waals surface area contributed by atoms with Crippen molar-refractivity contribution < 1.29 is 9.53 Å². The zero-order chi connectivity index (χ0) is 14.8. The number of carbonyl (C=O) groups excluding carboxylic acids is 1. The lowest BCUT2D eigenvalue weighted by Gasteiger charge is -2.26. The quantitative estimate of drug-likeness (QED) is 0.640. The second kappa shape index (κ2) is 9.35. The van der Waals surface area contributed by atoms with Gasteiger partial charge in [-0.2, -0.15) is 0 Å². The van der Waals surface area contributed by atoms with Crippen LogP contribution in [-0.2, 0) is 9.53 Å². The lowest BCUT2D eigenvalue weighted by Crippen LogP contribution is -2.44. The number of hydrogen-bond acceptors (Lipinski definition) is 3. The summed E-state index contributed by atoms with van der Waals surface area (Å²) < 4.78 is 5.29. The Morgan fingerprint density at radius 1 is 1.25 bits per heavy atom. The van der Waals surface area contributed by atoms with E-state index in [0.29, 0.717) is 12.6 Å². The Morgan fingerprint density at radius 2 is 1.95 bits per heavy atom. The molecule has 0 saturated carbocycles. The van der Waals surface area contributed by atoms with Crippen molar-refractivity contribution in [1.29, 1.82) is 0 Å². The molecule has 1 aliphatic heterocycles. The topological polar surface area (TPSA) is 50.4 Å². The van der Waals surface area contributed by atoms with E-state index in [-0.39, 0.29) is 11.3 Å². The van der Waals surface area contributed by atoms with Crippen LogP contribution in [-0.4, -0.2) is 38.3 Å². The SMILES string of the molecule is CCCCCC(C)(C)CNCC(=O)NC1CCOCC1. The summed E-state index contributed by atoms with van der Waals surface area (Å²) in [4.78, 5) is 11.8. The van der Waals surface area contributed by atoms with Gasteiger partial charge in [-0.1, -0.05) is 40.0 Å². The van der Waals surface area contributed by atoms with Crippen molar-refractivity contribution in [2.75, 3.05) is 26.3 Å². The maximum atomic E-state index is 11.8. The van der Waals surface area contributed by atoms with Crippen LogP contribution in [0.2, 0.25) is 0 Å². The molecule has 0 aromatic carbocycles. The standard InChI is InChI=1S/C16H32N2O2/c1-4-5-6-9-16(2,3)13-17-12-15(19)18-14-7-10-20-11-8-14/h14,17H,4-13H2,1-3H3,(H,18,19).